The molecule has 3 heteroatoms. The fourth-order valence-electron chi connectivity index (χ4n) is 1.91. The number of methoxy groups -OCH3 is 1. The van der Waals surface area contributed by atoms with Crippen LogP contribution in [0.2, 0.25) is 0 Å². The maximum Gasteiger partial charge on any atom is 0.0462 e. The molecule has 1 unspecified atom stereocenters. The first kappa shape index (κ1) is 11.3. The van der Waals surface area contributed by atoms with Crippen molar-refractivity contribution in [3.63, 3.8) is 0 Å². The summed E-state index contributed by atoms with van der Waals surface area (Å²) in [6.45, 7) is 1.75. The van der Waals surface area contributed by atoms with Gasteiger partial charge in [0.2, 0.25) is 0 Å². The summed E-state index contributed by atoms with van der Waals surface area (Å²) >= 11 is 2.08. The molecule has 1 rings (SSSR count). The van der Waals surface area contributed by atoms with Gasteiger partial charge < -0.3 is 10.5 Å². The standard InChI is InChI=1S/C10H21NOS/c1-12-7-3-2-5-10(9-11)6-4-8-13-10/h2-9,11H2,1H3. The monoisotopic (exact) mass is 203 g/mol. The molecule has 13 heavy (non-hydrogen) atoms. The Bertz CT molecular complexity index is 135. The van der Waals surface area contributed by atoms with Gasteiger partial charge >= 0.3 is 0 Å². The Morgan fingerprint density at radius 3 is 2.85 bits per heavy atom. The maximum atomic E-state index is 5.83. The minimum atomic E-state index is 0.424. The Morgan fingerprint density at radius 1 is 1.46 bits per heavy atom. The SMILES string of the molecule is COCCCCC1(CN)CCCS1. The normalized spacial score (nSPS) is 28.2. The molecular weight excluding hydrogens is 182 g/mol. The first-order chi connectivity index (χ1) is 6.33. The van der Waals surface area contributed by atoms with Gasteiger partial charge in [0.1, 0.15) is 0 Å². The number of thioether (sulfide) groups is 1. The summed E-state index contributed by atoms with van der Waals surface area (Å²) < 4.78 is 5.46. The summed E-state index contributed by atoms with van der Waals surface area (Å²) in [6.07, 6.45) is 6.39. The van der Waals surface area contributed by atoms with Crippen molar-refractivity contribution in [2.24, 2.45) is 5.73 Å². The Morgan fingerprint density at radius 2 is 2.31 bits per heavy atom. The van der Waals surface area contributed by atoms with Crippen LogP contribution < -0.4 is 5.73 Å². The smallest absolute Gasteiger partial charge is 0.0462 e. The summed E-state index contributed by atoms with van der Waals surface area (Å²) in [6, 6.07) is 0. The molecule has 0 aliphatic carbocycles. The third-order valence-corrected chi connectivity index (χ3v) is 4.47. The lowest BCUT2D eigenvalue weighted by Gasteiger charge is -2.26. The zero-order valence-electron chi connectivity index (χ0n) is 8.55. The van der Waals surface area contributed by atoms with Gasteiger partial charge in [-0.05, 0) is 37.9 Å². The first-order valence-electron chi connectivity index (χ1n) is 5.16. The van der Waals surface area contributed by atoms with E-state index in [4.69, 9.17) is 10.5 Å². The zero-order valence-corrected chi connectivity index (χ0v) is 9.37. The van der Waals surface area contributed by atoms with Crippen LogP contribution in [0.4, 0.5) is 0 Å². The fraction of sp³-hybridized carbons (Fsp3) is 1.00. The van der Waals surface area contributed by atoms with Gasteiger partial charge in [0.25, 0.3) is 0 Å². The minimum Gasteiger partial charge on any atom is -0.385 e. The van der Waals surface area contributed by atoms with Gasteiger partial charge in [0.15, 0.2) is 0 Å². The molecule has 0 aromatic rings. The average Bonchev–Trinajstić information content (AvgIpc) is 2.62. The van der Waals surface area contributed by atoms with E-state index in [1.807, 2.05) is 0 Å². The molecule has 0 radical (unpaired) electrons. The minimum absolute atomic E-state index is 0.424. The van der Waals surface area contributed by atoms with Gasteiger partial charge in [-0.25, -0.2) is 0 Å². The van der Waals surface area contributed by atoms with Crippen molar-refractivity contribution in [3.8, 4) is 0 Å². The Kier molecular flexibility index (Phi) is 5.14. The Balaban J connectivity index is 2.16. The largest absolute Gasteiger partial charge is 0.385 e. The Labute approximate surface area is 85.6 Å². The highest BCUT2D eigenvalue weighted by atomic mass is 32.2. The molecule has 1 aliphatic rings. The lowest BCUT2D eigenvalue weighted by Crippen LogP contribution is -2.31. The highest BCUT2D eigenvalue weighted by molar-refractivity contribution is 8.00. The molecule has 1 atom stereocenters. The third kappa shape index (κ3) is 3.49. The second-order valence-corrected chi connectivity index (χ2v) is 5.35. The van der Waals surface area contributed by atoms with Crippen molar-refractivity contribution < 1.29 is 4.74 Å². The molecule has 0 aromatic heterocycles. The van der Waals surface area contributed by atoms with Crippen LogP contribution in [0.1, 0.15) is 32.1 Å². The molecule has 0 bridgehead atoms. The number of hydrogen-bond donors (Lipinski definition) is 1. The number of ether oxygens (including phenoxy) is 1. The van der Waals surface area contributed by atoms with Crippen molar-refractivity contribution >= 4 is 11.8 Å². The summed E-state index contributed by atoms with van der Waals surface area (Å²) in [5.41, 5.74) is 5.83. The molecule has 78 valence electrons. The third-order valence-electron chi connectivity index (χ3n) is 2.79. The van der Waals surface area contributed by atoms with Crippen molar-refractivity contribution in [3.05, 3.63) is 0 Å². The molecule has 2 nitrogen and oxygen atoms in total. The number of unbranched alkanes of at least 4 members (excludes halogenated alkanes) is 1. The van der Waals surface area contributed by atoms with Gasteiger partial charge in [-0.1, -0.05) is 0 Å². The van der Waals surface area contributed by atoms with Crippen LogP contribution in [0, 0.1) is 0 Å². The summed E-state index contributed by atoms with van der Waals surface area (Å²) in [7, 11) is 1.77. The van der Waals surface area contributed by atoms with E-state index in [1.165, 1.54) is 37.9 Å². The van der Waals surface area contributed by atoms with Gasteiger partial charge in [-0.15, -0.1) is 0 Å². The van der Waals surface area contributed by atoms with Crippen molar-refractivity contribution in [1.29, 1.82) is 0 Å². The molecule has 1 aliphatic heterocycles. The van der Waals surface area contributed by atoms with E-state index in [2.05, 4.69) is 11.8 Å². The number of hydrogen-bond acceptors (Lipinski definition) is 3. The lowest BCUT2D eigenvalue weighted by atomic mass is 9.96. The molecular formula is C10H21NOS. The van der Waals surface area contributed by atoms with Crippen LogP contribution in [0.3, 0.4) is 0 Å². The van der Waals surface area contributed by atoms with Gasteiger partial charge in [-0.2, -0.15) is 11.8 Å². The van der Waals surface area contributed by atoms with E-state index >= 15 is 0 Å². The van der Waals surface area contributed by atoms with E-state index in [9.17, 15) is 0 Å². The second-order valence-electron chi connectivity index (χ2n) is 3.79. The van der Waals surface area contributed by atoms with Crippen LogP contribution in [-0.4, -0.2) is 30.8 Å². The maximum absolute atomic E-state index is 5.83. The van der Waals surface area contributed by atoms with Gasteiger partial charge in [0, 0.05) is 25.0 Å². The highest BCUT2D eigenvalue weighted by Crippen LogP contribution is 2.41. The Hall–Kier alpha value is 0.270. The van der Waals surface area contributed by atoms with Crippen molar-refractivity contribution in [2.75, 3.05) is 26.0 Å². The van der Waals surface area contributed by atoms with Crippen molar-refractivity contribution in [2.45, 2.75) is 36.9 Å². The van der Waals surface area contributed by atoms with Crippen LogP contribution in [0.15, 0.2) is 0 Å². The van der Waals surface area contributed by atoms with E-state index in [-0.39, 0.29) is 0 Å². The molecule has 2 N–H and O–H groups in total. The molecule has 0 amide bonds. The lowest BCUT2D eigenvalue weighted by molar-refractivity contribution is 0.191. The molecule has 1 fully saturated rings. The predicted molar refractivity (Wildman–Crippen MR) is 59.2 cm³/mol. The fourth-order valence-corrected chi connectivity index (χ4v) is 3.33. The van der Waals surface area contributed by atoms with E-state index in [0.717, 1.165) is 13.2 Å². The molecule has 1 saturated heterocycles. The quantitative estimate of drug-likeness (QED) is 0.671. The number of rotatable bonds is 6. The van der Waals surface area contributed by atoms with E-state index in [0.29, 0.717) is 4.75 Å². The van der Waals surface area contributed by atoms with Crippen LogP contribution in [0.25, 0.3) is 0 Å². The topological polar surface area (TPSA) is 35.2 Å². The van der Waals surface area contributed by atoms with Gasteiger partial charge in [0.05, 0.1) is 0 Å². The number of nitrogens with two attached hydrogens (primary N) is 1. The van der Waals surface area contributed by atoms with Crippen molar-refractivity contribution in [1.82, 2.24) is 0 Å². The average molecular weight is 203 g/mol. The highest BCUT2D eigenvalue weighted by Gasteiger charge is 2.32. The van der Waals surface area contributed by atoms with Gasteiger partial charge in [-0.3, -0.25) is 0 Å². The second kappa shape index (κ2) is 5.89. The molecule has 0 spiro atoms. The molecule has 0 aromatic carbocycles. The summed E-state index contributed by atoms with van der Waals surface area (Å²) in [5.74, 6) is 1.31. The van der Waals surface area contributed by atoms with E-state index < -0.39 is 0 Å². The zero-order chi connectivity index (χ0) is 9.57. The molecule has 1 heterocycles. The molecule has 0 saturated carbocycles. The summed E-state index contributed by atoms with van der Waals surface area (Å²) in [5, 5.41) is 0. The summed E-state index contributed by atoms with van der Waals surface area (Å²) in [4.78, 5) is 0. The predicted octanol–water partition coefficient (Wildman–Crippen LogP) is 2.03. The van der Waals surface area contributed by atoms with Crippen LogP contribution >= 0.6 is 11.8 Å². The first-order valence-corrected chi connectivity index (χ1v) is 6.14. The van der Waals surface area contributed by atoms with Crippen LogP contribution in [-0.2, 0) is 4.74 Å². The van der Waals surface area contributed by atoms with E-state index in [1.54, 1.807) is 7.11 Å². The van der Waals surface area contributed by atoms with Crippen LogP contribution in [0.5, 0.6) is 0 Å².